The minimum absolute atomic E-state index is 0.190. The molecule has 0 saturated heterocycles. The molecule has 3 rings (SSSR count). The van der Waals surface area contributed by atoms with Gasteiger partial charge < -0.3 is 0 Å². The van der Waals surface area contributed by atoms with Crippen molar-refractivity contribution in [2.24, 2.45) is 5.92 Å². The van der Waals surface area contributed by atoms with Crippen LogP contribution >= 0.6 is 22.9 Å². The Morgan fingerprint density at radius 3 is 2.67 bits per heavy atom. The molecule has 1 aliphatic rings. The highest BCUT2D eigenvalue weighted by Crippen LogP contribution is 2.35. The van der Waals surface area contributed by atoms with Gasteiger partial charge in [0.2, 0.25) is 11.0 Å². The third-order valence-electron chi connectivity index (χ3n) is 3.38. The minimum atomic E-state index is 0.190. The highest BCUT2D eigenvalue weighted by Gasteiger charge is 2.35. The Labute approximate surface area is 132 Å². The fourth-order valence-corrected chi connectivity index (χ4v) is 3.12. The molecular formula is C15H16ClN3OS. The standard InChI is InChI=1S/C15H16ClN3OS/c1-2-9-19(14(20)11-3-4-11)15-18-17-13(21-15)10-5-7-12(16)8-6-10/h5-8,11H,2-4,9H2,1H3. The summed E-state index contributed by atoms with van der Waals surface area (Å²) >= 11 is 7.35. The van der Waals surface area contributed by atoms with E-state index in [2.05, 4.69) is 17.1 Å². The average molecular weight is 322 g/mol. The second kappa shape index (κ2) is 6.12. The summed E-state index contributed by atoms with van der Waals surface area (Å²) in [6.45, 7) is 2.76. The van der Waals surface area contributed by atoms with Crippen LogP contribution in [-0.2, 0) is 4.79 Å². The van der Waals surface area contributed by atoms with Crippen molar-refractivity contribution in [3.8, 4) is 10.6 Å². The lowest BCUT2D eigenvalue weighted by molar-refractivity contribution is -0.119. The Bertz CT molecular complexity index is 637. The highest BCUT2D eigenvalue weighted by atomic mass is 35.5. The van der Waals surface area contributed by atoms with E-state index in [0.717, 1.165) is 29.8 Å². The van der Waals surface area contributed by atoms with Crippen LogP contribution < -0.4 is 4.90 Å². The monoisotopic (exact) mass is 321 g/mol. The normalized spacial score (nSPS) is 14.2. The molecule has 0 atom stereocenters. The van der Waals surface area contributed by atoms with Crippen LogP contribution in [0.4, 0.5) is 5.13 Å². The SMILES string of the molecule is CCCN(C(=O)C1CC1)c1nnc(-c2ccc(Cl)cc2)s1. The number of aromatic nitrogens is 2. The van der Waals surface area contributed by atoms with E-state index in [4.69, 9.17) is 11.6 Å². The summed E-state index contributed by atoms with van der Waals surface area (Å²) in [5.41, 5.74) is 0.971. The molecule has 0 aliphatic heterocycles. The van der Waals surface area contributed by atoms with Crippen LogP contribution in [0.2, 0.25) is 5.02 Å². The highest BCUT2D eigenvalue weighted by molar-refractivity contribution is 7.18. The van der Waals surface area contributed by atoms with Crippen molar-refractivity contribution in [3.63, 3.8) is 0 Å². The lowest BCUT2D eigenvalue weighted by Gasteiger charge is -2.17. The Kier molecular flexibility index (Phi) is 4.22. The van der Waals surface area contributed by atoms with Gasteiger partial charge in [-0.05, 0) is 31.4 Å². The van der Waals surface area contributed by atoms with Gasteiger partial charge in [0.25, 0.3) is 0 Å². The quantitative estimate of drug-likeness (QED) is 0.835. The first-order chi connectivity index (χ1) is 10.2. The summed E-state index contributed by atoms with van der Waals surface area (Å²) in [7, 11) is 0. The van der Waals surface area contributed by atoms with Crippen molar-refractivity contribution >= 4 is 34.0 Å². The van der Waals surface area contributed by atoms with Crippen LogP contribution in [0.25, 0.3) is 10.6 Å². The fraction of sp³-hybridized carbons (Fsp3) is 0.400. The van der Waals surface area contributed by atoms with Gasteiger partial charge in [-0.3, -0.25) is 9.69 Å². The molecule has 21 heavy (non-hydrogen) atoms. The van der Waals surface area contributed by atoms with E-state index in [1.165, 1.54) is 11.3 Å². The average Bonchev–Trinajstić information content (AvgIpc) is 3.23. The van der Waals surface area contributed by atoms with Crippen LogP contribution in [0.1, 0.15) is 26.2 Å². The molecule has 0 unspecified atom stereocenters. The molecule has 1 heterocycles. The van der Waals surface area contributed by atoms with E-state index in [9.17, 15) is 4.79 Å². The maximum atomic E-state index is 12.3. The number of amides is 1. The molecule has 2 aromatic rings. The molecule has 1 aromatic carbocycles. The third-order valence-corrected chi connectivity index (χ3v) is 4.62. The van der Waals surface area contributed by atoms with E-state index in [1.807, 2.05) is 24.3 Å². The lowest BCUT2D eigenvalue weighted by atomic mass is 10.2. The largest absolute Gasteiger partial charge is 0.286 e. The van der Waals surface area contributed by atoms with Crippen molar-refractivity contribution in [1.29, 1.82) is 0 Å². The van der Waals surface area contributed by atoms with Gasteiger partial charge in [-0.1, -0.05) is 42.0 Å². The van der Waals surface area contributed by atoms with E-state index >= 15 is 0 Å². The van der Waals surface area contributed by atoms with Crippen molar-refractivity contribution in [3.05, 3.63) is 29.3 Å². The Morgan fingerprint density at radius 2 is 2.05 bits per heavy atom. The van der Waals surface area contributed by atoms with Crippen LogP contribution in [0, 0.1) is 5.92 Å². The van der Waals surface area contributed by atoms with Crippen LogP contribution in [0.3, 0.4) is 0 Å². The zero-order chi connectivity index (χ0) is 14.8. The van der Waals surface area contributed by atoms with Gasteiger partial charge in [0.05, 0.1) is 0 Å². The predicted molar refractivity (Wildman–Crippen MR) is 85.7 cm³/mol. The summed E-state index contributed by atoms with van der Waals surface area (Å²) in [6, 6.07) is 7.49. The molecule has 1 amide bonds. The first-order valence-electron chi connectivity index (χ1n) is 7.10. The number of carbonyl (C=O) groups excluding carboxylic acids is 1. The molecule has 4 nitrogen and oxygen atoms in total. The molecule has 1 aliphatic carbocycles. The molecule has 6 heteroatoms. The smallest absolute Gasteiger partial charge is 0.231 e. The van der Waals surface area contributed by atoms with E-state index in [1.54, 1.807) is 4.90 Å². The number of rotatable bonds is 5. The first-order valence-corrected chi connectivity index (χ1v) is 8.29. The number of halogens is 1. The topological polar surface area (TPSA) is 46.1 Å². The van der Waals surface area contributed by atoms with Crippen molar-refractivity contribution in [2.75, 3.05) is 11.4 Å². The maximum Gasteiger partial charge on any atom is 0.231 e. The van der Waals surface area contributed by atoms with E-state index in [-0.39, 0.29) is 11.8 Å². The fourth-order valence-electron chi connectivity index (χ4n) is 2.11. The Balaban J connectivity index is 1.84. The molecule has 1 saturated carbocycles. The van der Waals surface area contributed by atoms with Crippen molar-refractivity contribution in [2.45, 2.75) is 26.2 Å². The molecule has 110 valence electrons. The summed E-state index contributed by atoms with van der Waals surface area (Å²) in [5.74, 6) is 0.384. The van der Waals surface area contributed by atoms with Crippen molar-refractivity contribution in [1.82, 2.24) is 10.2 Å². The minimum Gasteiger partial charge on any atom is -0.286 e. The van der Waals surface area contributed by atoms with E-state index in [0.29, 0.717) is 16.7 Å². The summed E-state index contributed by atoms with van der Waals surface area (Å²) in [5, 5.41) is 10.6. The summed E-state index contributed by atoms with van der Waals surface area (Å²) < 4.78 is 0. The number of carbonyl (C=O) groups is 1. The maximum absolute atomic E-state index is 12.3. The first kappa shape index (κ1) is 14.5. The van der Waals surface area contributed by atoms with Gasteiger partial charge in [0.15, 0.2) is 0 Å². The van der Waals surface area contributed by atoms with Gasteiger partial charge in [0, 0.05) is 23.0 Å². The van der Waals surface area contributed by atoms with Gasteiger partial charge in [-0.15, -0.1) is 10.2 Å². The van der Waals surface area contributed by atoms with Crippen molar-refractivity contribution < 1.29 is 4.79 Å². The van der Waals surface area contributed by atoms with Crippen LogP contribution in [0.15, 0.2) is 24.3 Å². The molecule has 1 fully saturated rings. The van der Waals surface area contributed by atoms with Gasteiger partial charge >= 0.3 is 0 Å². The van der Waals surface area contributed by atoms with Gasteiger partial charge in [-0.2, -0.15) is 0 Å². The molecule has 1 aromatic heterocycles. The number of anilines is 1. The third kappa shape index (κ3) is 3.24. The number of nitrogens with zero attached hydrogens (tertiary/aromatic N) is 3. The molecule has 0 bridgehead atoms. The number of benzene rings is 1. The second-order valence-corrected chi connectivity index (χ2v) is 6.55. The van der Waals surface area contributed by atoms with Crippen LogP contribution in [-0.4, -0.2) is 22.6 Å². The lowest BCUT2D eigenvalue weighted by Crippen LogP contribution is -2.32. The predicted octanol–water partition coefficient (Wildman–Crippen LogP) is 4.01. The summed E-state index contributed by atoms with van der Waals surface area (Å²) in [4.78, 5) is 14.1. The Hall–Kier alpha value is -1.46. The molecule has 0 radical (unpaired) electrons. The Morgan fingerprint density at radius 1 is 1.33 bits per heavy atom. The summed E-state index contributed by atoms with van der Waals surface area (Å²) in [6.07, 6.45) is 2.91. The second-order valence-electron chi connectivity index (χ2n) is 5.16. The number of hydrogen-bond donors (Lipinski definition) is 0. The van der Waals surface area contributed by atoms with Crippen LogP contribution in [0.5, 0.6) is 0 Å². The zero-order valence-electron chi connectivity index (χ0n) is 11.8. The zero-order valence-corrected chi connectivity index (χ0v) is 13.3. The molecular weight excluding hydrogens is 306 g/mol. The number of hydrogen-bond acceptors (Lipinski definition) is 4. The van der Waals surface area contributed by atoms with Gasteiger partial charge in [-0.25, -0.2) is 0 Å². The van der Waals surface area contributed by atoms with Gasteiger partial charge in [0.1, 0.15) is 5.01 Å². The van der Waals surface area contributed by atoms with E-state index < -0.39 is 0 Å². The molecule has 0 N–H and O–H groups in total. The molecule has 0 spiro atoms.